The molecule has 0 aliphatic heterocycles. The largest absolute Gasteiger partial charge is 0.500 e. The number of pyridine rings is 2. The van der Waals surface area contributed by atoms with E-state index in [9.17, 15) is 13.2 Å². The Hall–Kier alpha value is -5.34. The molecular formula is C53H49F3IrN2O2Si-2. The number of aromatic nitrogens is 2. The number of benzene rings is 5. The number of fused-ring (bicyclic) bond motifs is 7. The van der Waals surface area contributed by atoms with Crippen molar-refractivity contribution in [1.82, 2.24) is 9.97 Å². The van der Waals surface area contributed by atoms with Crippen LogP contribution in [0.5, 0.6) is 0 Å². The molecule has 9 rings (SSSR count). The van der Waals surface area contributed by atoms with Crippen LogP contribution in [-0.4, -0.2) is 18.0 Å². The molecule has 0 aliphatic rings. The van der Waals surface area contributed by atoms with E-state index < -0.39 is 44.3 Å². The van der Waals surface area contributed by atoms with Crippen molar-refractivity contribution >= 4 is 57.1 Å². The van der Waals surface area contributed by atoms with Gasteiger partial charge in [-0.3, -0.25) is 0 Å². The molecule has 0 unspecified atom stereocenters. The van der Waals surface area contributed by atoms with Crippen LogP contribution in [-0.2, 0) is 32.7 Å². The fraction of sp³-hybridized carbons (Fsp3) is 0.245. The van der Waals surface area contributed by atoms with Gasteiger partial charge in [-0.1, -0.05) is 137 Å². The van der Waals surface area contributed by atoms with E-state index >= 15 is 0 Å². The van der Waals surface area contributed by atoms with Crippen LogP contribution < -0.4 is 5.19 Å². The van der Waals surface area contributed by atoms with Gasteiger partial charge >= 0.3 is 6.18 Å². The minimum atomic E-state index is -4.48. The van der Waals surface area contributed by atoms with Gasteiger partial charge in [-0.15, -0.1) is 47.5 Å². The molecule has 0 fully saturated rings. The number of para-hydroxylation sites is 1. The molecule has 62 heavy (non-hydrogen) atoms. The van der Waals surface area contributed by atoms with Gasteiger partial charge in [0.2, 0.25) is 0 Å². The number of alkyl halides is 3. The maximum Gasteiger partial charge on any atom is 0.382 e. The number of rotatable bonds is 6. The van der Waals surface area contributed by atoms with Gasteiger partial charge in [0, 0.05) is 56.9 Å². The van der Waals surface area contributed by atoms with E-state index in [0.717, 1.165) is 55.1 Å². The van der Waals surface area contributed by atoms with Gasteiger partial charge in [0.05, 0.1) is 13.7 Å². The Kier molecular flexibility index (Phi) is 10.3. The molecule has 0 saturated heterocycles. The van der Waals surface area contributed by atoms with Gasteiger partial charge in [-0.25, -0.2) is 0 Å². The predicted molar refractivity (Wildman–Crippen MR) is 247 cm³/mol. The minimum Gasteiger partial charge on any atom is -0.500 e. The number of hydrogen-bond donors (Lipinski definition) is 0. The van der Waals surface area contributed by atoms with Crippen molar-refractivity contribution in [2.75, 3.05) is 0 Å². The quantitative estimate of drug-likeness (QED) is 0.123. The summed E-state index contributed by atoms with van der Waals surface area (Å²) >= 11 is 0. The molecule has 9 aromatic rings. The van der Waals surface area contributed by atoms with Crippen molar-refractivity contribution in [3.63, 3.8) is 0 Å². The molecule has 4 nitrogen and oxygen atoms in total. The SMILES string of the molecule is [2H]C(C)(C)c1cc(-c2[c-]cc(C(F)(F)F)c(-c3ccccc3)c2)ncc1[Si](C)(C)C.[2H]C([2H])([2H])c1cnc(-c2[c-]cc3oc4ccc5oc6ccccc6c5c4c3c2)cc1C([2H])([2H])C(C)(C)C.[Ir]. The molecule has 0 bridgehead atoms. The summed E-state index contributed by atoms with van der Waals surface area (Å²) in [6.45, 7) is 13.0. The van der Waals surface area contributed by atoms with E-state index in [1.165, 1.54) is 12.3 Å². The Morgan fingerprint density at radius 1 is 0.742 bits per heavy atom. The first-order chi connectivity index (χ1) is 31.1. The fourth-order valence-corrected chi connectivity index (χ4v) is 9.21. The third-order valence-corrected chi connectivity index (χ3v) is 12.5. The standard InChI is InChI=1S/C29H24NO2.C24H25F3NSi.Ir/c1-17-16-30-22(14-19(17)15-29(2,3)4)18-9-10-24-21(13-18)28-26(32-24)12-11-25-27(28)20-7-5-6-8-23(20)31-25;1-16(2)19-14-22(28-15-23(19)29(3,4)5)18-11-12-21(24(25,26)27)20(13-18)17-9-7-6-8-10-17;/h5-8,10-14,16H,15H2,1-4H3;6-10,12-16H,1-5H3;/q2*-1;/i1D3,15D2;16D;. The molecule has 4 heterocycles. The molecule has 0 saturated carbocycles. The first kappa shape index (κ1) is 37.2. The van der Waals surface area contributed by atoms with Crippen LogP contribution in [0.25, 0.3) is 77.5 Å². The Balaban J connectivity index is 0.000000203. The summed E-state index contributed by atoms with van der Waals surface area (Å²) in [5, 5.41) is 4.79. The zero-order valence-electron chi connectivity index (χ0n) is 41.6. The number of furan rings is 2. The summed E-state index contributed by atoms with van der Waals surface area (Å²) in [6.07, 6.45) is -3.33. The summed E-state index contributed by atoms with van der Waals surface area (Å²) in [4.78, 5) is 8.99. The maximum absolute atomic E-state index is 13.6. The molecule has 0 amide bonds. The van der Waals surface area contributed by atoms with Crippen molar-refractivity contribution in [3.8, 4) is 33.6 Å². The normalized spacial score (nSPS) is 14.3. The topological polar surface area (TPSA) is 52.1 Å². The van der Waals surface area contributed by atoms with Crippen molar-refractivity contribution in [3.05, 3.63) is 150 Å². The second-order valence-corrected chi connectivity index (χ2v) is 22.6. The van der Waals surface area contributed by atoms with Crippen LogP contribution >= 0.6 is 0 Å². The first-order valence-corrected chi connectivity index (χ1v) is 23.5. The average Bonchev–Trinajstić information content (AvgIpc) is 3.82. The summed E-state index contributed by atoms with van der Waals surface area (Å²) in [6, 6.07) is 35.7. The number of halogens is 3. The monoisotopic (exact) mass is 1030 g/mol. The van der Waals surface area contributed by atoms with Gasteiger partial charge in [0.15, 0.2) is 0 Å². The first-order valence-electron chi connectivity index (χ1n) is 23.0. The maximum atomic E-state index is 13.6. The Bertz CT molecular complexity index is 3330. The zero-order valence-corrected chi connectivity index (χ0v) is 39.0. The summed E-state index contributed by atoms with van der Waals surface area (Å²) in [7, 11) is -1.75. The van der Waals surface area contributed by atoms with Gasteiger partial charge in [-0.2, -0.15) is 13.2 Å². The van der Waals surface area contributed by atoms with Crippen molar-refractivity contribution in [2.24, 2.45) is 5.41 Å². The van der Waals surface area contributed by atoms with Crippen LogP contribution in [0.2, 0.25) is 19.6 Å². The minimum absolute atomic E-state index is 0. The number of nitrogens with zero attached hydrogens (tertiary/aromatic N) is 2. The van der Waals surface area contributed by atoms with Crippen LogP contribution in [0.3, 0.4) is 0 Å². The second kappa shape index (κ2) is 17.1. The molecule has 5 aromatic carbocycles. The zero-order chi connectivity index (χ0) is 48.6. The van der Waals surface area contributed by atoms with Crippen molar-refractivity contribution in [1.29, 1.82) is 0 Å². The molecule has 0 atom stereocenters. The Labute approximate surface area is 384 Å². The van der Waals surface area contributed by atoms with Gasteiger partial charge in [-0.05, 0) is 76.0 Å². The van der Waals surface area contributed by atoms with Crippen LogP contribution in [0.1, 0.15) is 71.0 Å². The van der Waals surface area contributed by atoms with Crippen molar-refractivity contribution < 1.29 is 50.3 Å². The third-order valence-electron chi connectivity index (χ3n) is 10.5. The van der Waals surface area contributed by atoms with E-state index in [1.54, 1.807) is 69.4 Å². The molecular weight excluding hydrogens is 974 g/mol. The Morgan fingerprint density at radius 2 is 1.35 bits per heavy atom. The molecule has 1 radical (unpaired) electrons. The van der Waals surface area contributed by atoms with Crippen molar-refractivity contribution in [2.45, 2.75) is 79.6 Å². The summed E-state index contributed by atoms with van der Waals surface area (Å²) in [5.74, 6) is -0.846. The fourth-order valence-electron chi connectivity index (χ4n) is 7.63. The molecule has 9 heteroatoms. The van der Waals surface area contributed by atoms with E-state index in [-0.39, 0.29) is 36.8 Å². The van der Waals surface area contributed by atoms with E-state index in [4.69, 9.17) is 17.1 Å². The predicted octanol–water partition coefficient (Wildman–Crippen LogP) is 15.1. The number of aryl methyl sites for hydroxylation is 1. The van der Waals surface area contributed by atoms with Gasteiger partial charge in [0.1, 0.15) is 16.7 Å². The molecule has 0 aliphatic carbocycles. The molecule has 0 spiro atoms. The van der Waals surface area contributed by atoms with Gasteiger partial charge < -0.3 is 18.8 Å². The second-order valence-electron chi connectivity index (χ2n) is 17.5. The molecule has 0 N–H and O–H groups in total. The van der Waals surface area contributed by atoms with Crippen LogP contribution in [0.4, 0.5) is 13.2 Å². The Morgan fingerprint density at radius 3 is 2.02 bits per heavy atom. The summed E-state index contributed by atoms with van der Waals surface area (Å²) < 4.78 is 103. The smallest absolute Gasteiger partial charge is 0.382 e. The summed E-state index contributed by atoms with van der Waals surface area (Å²) in [5.41, 5.74) is 4.88. The molecule has 4 aromatic heterocycles. The van der Waals surface area contributed by atoms with E-state index in [2.05, 4.69) is 41.7 Å². The van der Waals surface area contributed by atoms with E-state index in [1.807, 2.05) is 62.4 Å². The van der Waals surface area contributed by atoms with Crippen LogP contribution in [0.15, 0.2) is 124 Å². The van der Waals surface area contributed by atoms with Gasteiger partial charge in [0.25, 0.3) is 0 Å². The van der Waals surface area contributed by atoms with Crippen LogP contribution in [0, 0.1) is 24.4 Å². The molecule has 319 valence electrons. The average molecular weight is 1030 g/mol. The third kappa shape index (κ3) is 9.08. The number of hydrogen-bond acceptors (Lipinski definition) is 4. The van der Waals surface area contributed by atoms with E-state index in [0.29, 0.717) is 33.7 Å².